The molecule has 0 fully saturated rings. The molecule has 2 aromatic heterocycles. The summed E-state index contributed by atoms with van der Waals surface area (Å²) in [5.41, 5.74) is 2.71. The molecule has 0 saturated heterocycles. The first-order valence-electron chi connectivity index (χ1n) is 8.39. The summed E-state index contributed by atoms with van der Waals surface area (Å²) in [6, 6.07) is 8.98. The van der Waals surface area contributed by atoms with Gasteiger partial charge >= 0.3 is 0 Å². The van der Waals surface area contributed by atoms with E-state index in [0.29, 0.717) is 17.0 Å². The van der Waals surface area contributed by atoms with Gasteiger partial charge in [-0.3, -0.25) is 9.59 Å². The number of amides is 1. The Hall–Kier alpha value is -2.89. The molecule has 0 unspecified atom stereocenters. The van der Waals surface area contributed by atoms with Crippen molar-refractivity contribution in [1.29, 1.82) is 0 Å². The monoisotopic (exact) mass is 338 g/mol. The van der Waals surface area contributed by atoms with Gasteiger partial charge in [-0.1, -0.05) is 26.0 Å². The molecule has 0 aliphatic rings. The average molecular weight is 338 g/mol. The van der Waals surface area contributed by atoms with E-state index in [9.17, 15) is 9.59 Å². The van der Waals surface area contributed by atoms with Crippen LogP contribution in [-0.2, 0) is 0 Å². The lowest BCUT2D eigenvalue weighted by atomic mass is 10.0. The molecule has 1 amide bonds. The van der Waals surface area contributed by atoms with E-state index in [1.165, 1.54) is 12.3 Å². The number of hydrogen-bond donors (Lipinski definition) is 3. The predicted molar refractivity (Wildman–Crippen MR) is 97.6 cm³/mol. The summed E-state index contributed by atoms with van der Waals surface area (Å²) in [4.78, 5) is 34.5. The summed E-state index contributed by atoms with van der Waals surface area (Å²) in [5.74, 6) is 0.903. The fraction of sp³-hybridized carbons (Fsp3) is 0.316. The standard InChI is InChI=1S/C19H22N4O2/c1-11(2)8-16(18-21-14-6-4-5-7-15(14)22-18)23-19(25)13-10-20-17(24)9-12(13)3/h4-7,9-11,16H,8H2,1-3H3,(H,20,24)(H,21,22)(H,23,25)/t16-/m1/s1. The molecule has 3 aromatic rings. The number of pyridine rings is 1. The highest BCUT2D eigenvalue weighted by molar-refractivity contribution is 5.95. The second kappa shape index (κ2) is 6.93. The zero-order valence-corrected chi connectivity index (χ0v) is 14.6. The molecule has 0 aliphatic carbocycles. The van der Waals surface area contributed by atoms with Crippen LogP contribution in [0.3, 0.4) is 0 Å². The Labute approximate surface area is 145 Å². The van der Waals surface area contributed by atoms with E-state index >= 15 is 0 Å². The van der Waals surface area contributed by atoms with Crippen molar-refractivity contribution < 1.29 is 4.79 Å². The van der Waals surface area contributed by atoms with Crippen LogP contribution in [0.25, 0.3) is 11.0 Å². The Morgan fingerprint density at radius 3 is 2.72 bits per heavy atom. The first-order chi connectivity index (χ1) is 11.9. The molecule has 1 atom stereocenters. The van der Waals surface area contributed by atoms with Crippen molar-refractivity contribution in [2.24, 2.45) is 5.92 Å². The van der Waals surface area contributed by atoms with Gasteiger partial charge in [-0.25, -0.2) is 4.98 Å². The van der Waals surface area contributed by atoms with Gasteiger partial charge in [-0.2, -0.15) is 0 Å². The van der Waals surface area contributed by atoms with E-state index in [1.54, 1.807) is 6.92 Å². The summed E-state index contributed by atoms with van der Waals surface area (Å²) < 4.78 is 0. The number of aromatic nitrogens is 3. The highest BCUT2D eigenvalue weighted by Gasteiger charge is 2.21. The number of benzene rings is 1. The van der Waals surface area contributed by atoms with Crippen LogP contribution in [0.4, 0.5) is 0 Å². The lowest BCUT2D eigenvalue weighted by Gasteiger charge is -2.19. The van der Waals surface area contributed by atoms with E-state index in [0.717, 1.165) is 23.3 Å². The highest BCUT2D eigenvalue weighted by Crippen LogP contribution is 2.22. The van der Waals surface area contributed by atoms with Gasteiger partial charge in [0.05, 0.1) is 22.6 Å². The minimum atomic E-state index is -0.230. The van der Waals surface area contributed by atoms with Gasteiger partial charge in [0.15, 0.2) is 0 Å². The number of carbonyl (C=O) groups excluding carboxylic acids is 1. The molecule has 0 radical (unpaired) electrons. The number of carbonyl (C=O) groups is 1. The molecular weight excluding hydrogens is 316 g/mol. The first-order valence-corrected chi connectivity index (χ1v) is 8.39. The van der Waals surface area contributed by atoms with Crippen LogP contribution in [0.5, 0.6) is 0 Å². The number of hydrogen-bond acceptors (Lipinski definition) is 3. The number of nitrogens with one attached hydrogen (secondary N) is 3. The van der Waals surface area contributed by atoms with E-state index in [1.807, 2.05) is 24.3 Å². The van der Waals surface area contributed by atoms with Gasteiger partial charge < -0.3 is 15.3 Å². The minimum absolute atomic E-state index is 0.218. The molecule has 0 bridgehead atoms. The second-order valence-corrected chi connectivity index (χ2v) is 6.69. The number of para-hydroxylation sites is 2. The Kier molecular flexibility index (Phi) is 4.70. The average Bonchev–Trinajstić information content (AvgIpc) is 2.97. The SMILES string of the molecule is Cc1cc(=O)[nH]cc1C(=O)N[C@H](CC(C)C)c1nc2ccccc2[nH]1. The Bertz CT molecular complexity index is 922. The molecule has 0 aliphatic heterocycles. The van der Waals surface area contributed by atoms with E-state index in [4.69, 9.17) is 0 Å². The van der Waals surface area contributed by atoms with Crippen molar-refractivity contribution >= 4 is 16.9 Å². The molecule has 25 heavy (non-hydrogen) atoms. The van der Waals surface area contributed by atoms with Crippen LogP contribution < -0.4 is 10.9 Å². The fourth-order valence-corrected chi connectivity index (χ4v) is 2.90. The largest absolute Gasteiger partial charge is 0.342 e. The Morgan fingerprint density at radius 2 is 2.04 bits per heavy atom. The number of fused-ring (bicyclic) bond motifs is 1. The molecule has 3 N–H and O–H groups in total. The molecule has 1 aromatic carbocycles. The van der Waals surface area contributed by atoms with Crippen LogP contribution in [0.1, 0.15) is 48.1 Å². The van der Waals surface area contributed by atoms with E-state index in [2.05, 4.69) is 34.1 Å². The molecule has 2 heterocycles. The number of rotatable bonds is 5. The van der Waals surface area contributed by atoms with E-state index < -0.39 is 0 Å². The zero-order valence-electron chi connectivity index (χ0n) is 14.6. The smallest absolute Gasteiger partial charge is 0.253 e. The molecule has 0 saturated carbocycles. The molecule has 3 rings (SSSR count). The summed E-state index contributed by atoms with van der Waals surface area (Å²) in [5, 5.41) is 3.05. The Balaban J connectivity index is 1.90. The summed E-state index contributed by atoms with van der Waals surface area (Å²) in [7, 11) is 0. The molecule has 0 spiro atoms. The van der Waals surface area contributed by atoms with Gasteiger partial charge in [-0.05, 0) is 37.0 Å². The van der Waals surface area contributed by atoms with Crippen molar-refractivity contribution in [3.8, 4) is 0 Å². The maximum absolute atomic E-state index is 12.7. The predicted octanol–water partition coefficient (Wildman–Crippen LogP) is 3.08. The lowest BCUT2D eigenvalue weighted by Crippen LogP contribution is -2.31. The van der Waals surface area contributed by atoms with Gasteiger partial charge in [0.2, 0.25) is 5.56 Å². The molecule has 6 heteroatoms. The third kappa shape index (κ3) is 3.79. The maximum atomic E-state index is 12.7. The number of aromatic amines is 2. The normalized spacial score (nSPS) is 12.5. The molecular formula is C19H22N4O2. The maximum Gasteiger partial charge on any atom is 0.253 e. The van der Waals surface area contributed by atoms with Crippen LogP contribution >= 0.6 is 0 Å². The number of H-pyrrole nitrogens is 2. The number of imidazole rings is 1. The zero-order chi connectivity index (χ0) is 18.0. The Morgan fingerprint density at radius 1 is 1.28 bits per heavy atom. The third-order valence-corrected chi connectivity index (χ3v) is 4.13. The second-order valence-electron chi connectivity index (χ2n) is 6.69. The quantitative estimate of drug-likeness (QED) is 0.668. The number of nitrogens with zero attached hydrogens (tertiary/aromatic N) is 1. The van der Waals surface area contributed by atoms with Gasteiger partial charge in [0.1, 0.15) is 5.82 Å². The van der Waals surface area contributed by atoms with Crippen LogP contribution in [-0.4, -0.2) is 20.9 Å². The lowest BCUT2D eigenvalue weighted by molar-refractivity contribution is 0.0929. The van der Waals surface area contributed by atoms with Crippen LogP contribution in [0, 0.1) is 12.8 Å². The van der Waals surface area contributed by atoms with Gasteiger partial charge in [0, 0.05) is 12.3 Å². The van der Waals surface area contributed by atoms with Crippen LogP contribution in [0.15, 0.2) is 41.3 Å². The topological polar surface area (TPSA) is 90.6 Å². The fourth-order valence-electron chi connectivity index (χ4n) is 2.90. The third-order valence-electron chi connectivity index (χ3n) is 4.13. The van der Waals surface area contributed by atoms with Gasteiger partial charge in [0.25, 0.3) is 5.91 Å². The minimum Gasteiger partial charge on any atom is -0.342 e. The summed E-state index contributed by atoms with van der Waals surface area (Å²) in [6.45, 7) is 5.96. The van der Waals surface area contributed by atoms with Gasteiger partial charge in [-0.15, -0.1) is 0 Å². The summed E-state index contributed by atoms with van der Waals surface area (Å²) in [6.07, 6.45) is 2.21. The molecule has 6 nitrogen and oxygen atoms in total. The van der Waals surface area contributed by atoms with Crippen molar-refractivity contribution in [2.75, 3.05) is 0 Å². The van der Waals surface area contributed by atoms with Crippen LogP contribution in [0.2, 0.25) is 0 Å². The van der Waals surface area contributed by atoms with Crippen molar-refractivity contribution in [2.45, 2.75) is 33.2 Å². The highest BCUT2D eigenvalue weighted by atomic mass is 16.2. The van der Waals surface area contributed by atoms with Crippen molar-refractivity contribution in [3.63, 3.8) is 0 Å². The number of aryl methyl sites for hydroxylation is 1. The first kappa shape index (κ1) is 17.0. The van der Waals surface area contributed by atoms with Crippen molar-refractivity contribution in [3.05, 3.63) is 63.8 Å². The van der Waals surface area contributed by atoms with Crippen molar-refractivity contribution in [1.82, 2.24) is 20.3 Å². The molecule has 130 valence electrons. The van der Waals surface area contributed by atoms with E-state index in [-0.39, 0.29) is 17.5 Å². The summed E-state index contributed by atoms with van der Waals surface area (Å²) >= 11 is 0.